The largest absolute Gasteiger partial charge is 0.457 e. The topological polar surface area (TPSA) is 86.4 Å². The van der Waals surface area contributed by atoms with Gasteiger partial charge in [-0.25, -0.2) is 4.98 Å². The van der Waals surface area contributed by atoms with Crippen LogP contribution in [0.2, 0.25) is 0 Å². The van der Waals surface area contributed by atoms with E-state index in [0.29, 0.717) is 23.4 Å². The molecule has 0 aliphatic carbocycles. The second-order valence-electron chi connectivity index (χ2n) is 7.29. The van der Waals surface area contributed by atoms with Crippen LogP contribution in [0.5, 0.6) is 11.5 Å². The Bertz CT molecular complexity index is 1470. The maximum atomic E-state index is 12.8. The molecule has 0 saturated heterocycles. The first-order valence-electron chi connectivity index (χ1n) is 10.1. The maximum absolute atomic E-state index is 12.8. The van der Waals surface area contributed by atoms with Gasteiger partial charge in [-0.15, -0.1) is 0 Å². The third-order valence-electron chi connectivity index (χ3n) is 5.03. The number of hydrogen-bond acceptors (Lipinski definition) is 5. The molecule has 1 N–H and O–H groups in total. The Balaban J connectivity index is 1.27. The number of para-hydroxylation sites is 2. The monoisotopic (exact) mass is 425 g/mol. The lowest BCUT2D eigenvalue weighted by Gasteiger charge is -2.09. The van der Waals surface area contributed by atoms with Crippen molar-refractivity contribution >= 4 is 28.0 Å². The second-order valence-corrected chi connectivity index (χ2v) is 7.29. The molecule has 0 spiro atoms. The van der Waals surface area contributed by atoms with Crippen LogP contribution in [-0.4, -0.2) is 15.5 Å². The lowest BCUT2D eigenvalue weighted by Crippen LogP contribution is -2.32. The van der Waals surface area contributed by atoms with Crippen LogP contribution in [0.4, 0.5) is 0 Å². The van der Waals surface area contributed by atoms with E-state index in [0.717, 1.165) is 16.7 Å². The lowest BCUT2D eigenvalue weighted by molar-refractivity contribution is -0.121. The average molecular weight is 425 g/mol. The Kier molecular flexibility index (Phi) is 5.13. The molecule has 0 bridgehead atoms. The summed E-state index contributed by atoms with van der Waals surface area (Å²) in [6, 6.07) is 24.3. The highest BCUT2D eigenvalue weighted by Crippen LogP contribution is 2.24. The van der Waals surface area contributed by atoms with Gasteiger partial charge in [-0.3, -0.25) is 14.2 Å². The number of carbonyl (C=O) groups excluding carboxylic acids is 1. The Morgan fingerprint density at radius 1 is 0.969 bits per heavy atom. The standard InChI is InChI=1S/C25H19N3O4/c29-22(26-14-17-7-6-10-19(13-17)31-18-8-2-1-3-9-18)15-28-16-27-23-20-11-4-5-12-21(20)32-24(23)25(28)30/h1-13,16H,14-15H2,(H,26,29). The van der Waals surface area contributed by atoms with Gasteiger partial charge in [0.15, 0.2) is 0 Å². The van der Waals surface area contributed by atoms with Gasteiger partial charge in [0.2, 0.25) is 11.5 Å². The number of nitrogens with zero attached hydrogens (tertiary/aromatic N) is 2. The van der Waals surface area contributed by atoms with Crippen molar-refractivity contribution in [3.8, 4) is 11.5 Å². The number of ether oxygens (including phenoxy) is 1. The van der Waals surface area contributed by atoms with Gasteiger partial charge < -0.3 is 14.5 Å². The quantitative estimate of drug-likeness (QED) is 0.440. The fourth-order valence-electron chi connectivity index (χ4n) is 3.48. The Morgan fingerprint density at radius 3 is 2.62 bits per heavy atom. The fraction of sp³-hybridized carbons (Fsp3) is 0.0800. The molecule has 0 saturated carbocycles. The summed E-state index contributed by atoms with van der Waals surface area (Å²) in [4.78, 5) is 29.5. The SMILES string of the molecule is O=C(Cn1cnc2c(oc3ccccc32)c1=O)NCc1cccc(Oc2ccccc2)c1. The number of furan rings is 1. The molecule has 5 rings (SSSR count). The number of aromatic nitrogens is 2. The molecule has 7 heteroatoms. The zero-order chi connectivity index (χ0) is 21.9. The minimum absolute atomic E-state index is 0.146. The number of hydrogen-bond donors (Lipinski definition) is 1. The number of carbonyl (C=O) groups is 1. The van der Waals surface area contributed by atoms with Crippen LogP contribution >= 0.6 is 0 Å². The van der Waals surface area contributed by atoms with Crippen molar-refractivity contribution < 1.29 is 13.9 Å². The summed E-state index contributed by atoms with van der Waals surface area (Å²) in [5.74, 6) is 1.11. The normalized spacial score (nSPS) is 11.0. The summed E-state index contributed by atoms with van der Waals surface area (Å²) in [7, 11) is 0. The van der Waals surface area contributed by atoms with Crippen LogP contribution in [0, 0.1) is 0 Å². The predicted octanol–water partition coefficient (Wildman–Crippen LogP) is 4.25. The van der Waals surface area contributed by atoms with Gasteiger partial charge in [0.05, 0.1) is 6.33 Å². The summed E-state index contributed by atoms with van der Waals surface area (Å²) < 4.78 is 12.7. The van der Waals surface area contributed by atoms with E-state index in [1.165, 1.54) is 10.9 Å². The van der Waals surface area contributed by atoms with E-state index < -0.39 is 0 Å². The molecule has 7 nitrogen and oxygen atoms in total. The molecule has 3 aromatic carbocycles. The molecular weight excluding hydrogens is 406 g/mol. The molecule has 5 aromatic rings. The Hall–Kier alpha value is -4.39. The van der Waals surface area contributed by atoms with Gasteiger partial charge in [-0.2, -0.15) is 0 Å². The highest BCUT2D eigenvalue weighted by Gasteiger charge is 2.14. The number of amides is 1. The van der Waals surface area contributed by atoms with E-state index >= 15 is 0 Å². The van der Waals surface area contributed by atoms with Crippen LogP contribution in [0.25, 0.3) is 22.1 Å². The maximum Gasteiger partial charge on any atom is 0.297 e. The zero-order valence-electron chi connectivity index (χ0n) is 17.0. The van der Waals surface area contributed by atoms with Crippen LogP contribution in [0.3, 0.4) is 0 Å². The summed E-state index contributed by atoms with van der Waals surface area (Å²) >= 11 is 0. The van der Waals surface area contributed by atoms with E-state index in [1.54, 1.807) is 6.07 Å². The van der Waals surface area contributed by atoms with Crippen LogP contribution in [-0.2, 0) is 17.9 Å². The van der Waals surface area contributed by atoms with Crippen LogP contribution in [0.1, 0.15) is 5.56 Å². The van der Waals surface area contributed by atoms with E-state index in [1.807, 2.05) is 72.8 Å². The minimum atomic E-state index is -0.389. The smallest absolute Gasteiger partial charge is 0.297 e. The summed E-state index contributed by atoms with van der Waals surface area (Å²) in [6.07, 6.45) is 1.38. The molecule has 0 aliphatic rings. The molecule has 32 heavy (non-hydrogen) atoms. The first kappa shape index (κ1) is 19.6. The van der Waals surface area contributed by atoms with E-state index in [9.17, 15) is 9.59 Å². The molecule has 2 heterocycles. The van der Waals surface area contributed by atoms with E-state index in [2.05, 4.69) is 10.3 Å². The van der Waals surface area contributed by atoms with E-state index in [-0.39, 0.29) is 23.6 Å². The van der Waals surface area contributed by atoms with Gasteiger partial charge in [0.25, 0.3) is 5.56 Å². The molecule has 1 amide bonds. The predicted molar refractivity (Wildman–Crippen MR) is 121 cm³/mol. The summed E-state index contributed by atoms with van der Waals surface area (Å²) in [5.41, 5.74) is 1.72. The van der Waals surface area contributed by atoms with Crippen molar-refractivity contribution in [3.05, 3.63) is 101 Å². The third kappa shape index (κ3) is 3.96. The van der Waals surface area contributed by atoms with E-state index in [4.69, 9.17) is 9.15 Å². The molecule has 2 aromatic heterocycles. The summed E-state index contributed by atoms with van der Waals surface area (Å²) in [6.45, 7) is 0.152. The second kappa shape index (κ2) is 8.39. The van der Waals surface area contributed by atoms with Crippen molar-refractivity contribution in [1.29, 1.82) is 0 Å². The molecule has 0 fully saturated rings. The molecule has 0 radical (unpaired) electrons. The molecular formula is C25H19N3O4. The van der Waals surface area contributed by atoms with Crippen LogP contribution in [0.15, 0.2) is 94.4 Å². The zero-order valence-corrected chi connectivity index (χ0v) is 17.0. The van der Waals surface area contributed by atoms with Crippen LogP contribution < -0.4 is 15.6 Å². The Morgan fingerprint density at radius 2 is 1.75 bits per heavy atom. The van der Waals surface area contributed by atoms with Gasteiger partial charge in [-0.1, -0.05) is 42.5 Å². The molecule has 0 aliphatic heterocycles. The van der Waals surface area contributed by atoms with Crippen molar-refractivity contribution in [2.45, 2.75) is 13.1 Å². The van der Waals surface area contributed by atoms with Crippen molar-refractivity contribution in [3.63, 3.8) is 0 Å². The number of nitrogens with one attached hydrogen (secondary N) is 1. The molecule has 0 unspecified atom stereocenters. The average Bonchev–Trinajstić information content (AvgIpc) is 3.20. The number of fused-ring (bicyclic) bond motifs is 3. The van der Waals surface area contributed by atoms with Gasteiger partial charge in [-0.05, 0) is 42.0 Å². The summed E-state index contributed by atoms with van der Waals surface area (Å²) in [5, 5.41) is 3.60. The van der Waals surface area contributed by atoms with Crippen molar-refractivity contribution in [2.75, 3.05) is 0 Å². The fourth-order valence-corrected chi connectivity index (χ4v) is 3.48. The number of benzene rings is 3. The van der Waals surface area contributed by atoms with Gasteiger partial charge >= 0.3 is 0 Å². The van der Waals surface area contributed by atoms with Gasteiger partial charge in [0, 0.05) is 11.9 Å². The van der Waals surface area contributed by atoms with Gasteiger partial charge in [0.1, 0.15) is 29.1 Å². The first-order chi connectivity index (χ1) is 15.7. The first-order valence-corrected chi connectivity index (χ1v) is 10.1. The lowest BCUT2D eigenvalue weighted by atomic mass is 10.2. The minimum Gasteiger partial charge on any atom is -0.457 e. The highest BCUT2D eigenvalue weighted by atomic mass is 16.5. The molecule has 0 atom stereocenters. The Labute approximate surface area is 182 Å². The van der Waals surface area contributed by atoms with Crippen molar-refractivity contribution in [2.24, 2.45) is 0 Å². The number of rotatable bonds is 6. The molecule has 158 valence electrons. The third-order valence-corrected chi connectivity index (χ3v) is 5.03. The highest BCUT2D eigenvalue weighted by molar-refractivity contribution is 6.01. The van der Waals surface area contributed by atoms with Crippen molar-refractivity contribution in [1.82, 2.24) is 14.9 Å².